The van der Waals surface area contributed by atoms with Crippen molar-refractivity contribution >= 4 is 17.7 Å². The number of carbonyl (C=O) groups excluding carboxylic acids is 1. The second kappa shape index (κ2) is 10.8. The number of benzene rings is 1. The Morgan fingerprint density at radius 2 is 2.00 bits per heavy atom. The highest BCUT2D eigenvalue weighted by Gasteiger charge is 2.08. The van der Waals surface area contributed by atoms with Crippen LogP contribution < -0.4 is 5.32 Å². The molecule has 0 saturated carbocycles. The Kier molecular flexibility index (Phi) is 9.22. The van der Waals surface area contributed by atoms with Crippen LogP contribution >= 0.6 is 11.8 Å². The normalized spacial score (nSPS) is 12.1. The van der Waals surface area contributed by atoms with Crippen molar-refractivity contribution in [1.82, 2.24) is 5.32 Å². The van der Waals surface area contributed by atoms with Crippen LogP contribution in [0.2, 0.25) is 0 Å². The summed E-state index contributed by atoms with van der Waals surface area (Å²) in [6, 6.07) is 10.2. The topological polar surface area (TPSA) is 29.1 Å². The maximum atomic E-state index is 11.8. The fourth-order valence-electron chi connectivity index (χ4n) is 2.07. The molecule has 0 aliphatic rings. The van der Waals surface area contributed by atoms with Crippen molar-refractivity contribution in [2.24, 2.45) is 5.92 Å². The molecule has 0 bridgehead atoms. The fourth-order valence-corrected chi connectivity index (χ4v) is 2.94. The molecule has 0 heterocycles. The van der Waals surface area contributed by atoms with Crippen LogP contribution in [0.3, 0.4) is 0 Å². The Balaban J connectivity index is 2.13. The molecule has 1 aromatic carbocycles. The van der Waals surface area contributed by atoms with Crippen LogP contribution in [0, 0.1) is 5.92 Å². The number of carbonyl (C=O) groups is 1. The fraction of sp³-hybridized carbons (Fsp3) is 0.588. The Hall–Kier alpha value is -0.960. The van der Waals surface area contributed by atoms with Gasteiger partial charge in [-0.25, -0.2) is 0 Å². The van der Waals surface area contributed by atoms with E-state index in [1.807, 2.05) is 18.2 Å². The number of rotatable bonds is 10. The molecule has 2 nitrogen and oxygen atoms in total. The molecular formula is C17H27NOS. The van der Waals surface area contributed by atoms with Gasteiger partial charge < -0.3 is 5.32 Å². The number of thioether (sulfide) groups is 1. The molecular weight excluding hydrogens is 266 g/mol. The molecule has 0 radical (unpaired) electrons. The van der Waals surface area contributed by atoms with Gasteiger partial charge in [-0.3, -0.25) is 4.79 Å². The minimum atomic E-state index is 0.184. The standard InChI is InChI=1S/C17H27NOS/c1-3-5-9-15(4-2)14-18-17(19)12-13-20-16-10-7-6-8-11-16/h6-8,10-11,15H,3-5,9,12-14H2,1-2H3,(H,18,19). The van der Waals surface area contributed by atoms with Gasteiger partial charge >= 0.3 is 0 Å². The molecule has 3 heteroatoms. The predicted molar refractivity (Wildman–Crippen MR) is 88.1 cm³/mol. The molecule has 0 spiro atoms. The van der Waals surface area contributed by atoms with Crippen LogP contribution in [0.25, 0.3) is 0 Å². The molecule has 0 fully saturated rings. The Morgan fingerprint density at radius 3 is 2.65 bits per heavy atom. The molecule has 0 aliphatic heterocycles. The van der Waals surface area contributed by atoms with E-state index in [1.54, 1.807) is 11.8 Å². The first-order chi connectivity index (χ1) is 9.76. The van der Waals surface area contributed by atoms with E-state index in [1.165, 1.54) is 24.2 Å². The minimum absolute atomic E-state index is 0.184. The van der Waals surface area contributed by atoms with E-state index in [4.69, 9.17) is 0 Å². The van der Waals surface area contributed by atoms with Crippen molar-refractivity contribution in [2.45, 2.75) is 50.8 Å². The lowest BCUT2D eigenvalue weighted by Crippen LogP contribution is -2.29. The summed E-state index contributed by atoms with van der Waals surface area (Å²) in [5, 5.41) is 3.08. The average Bonchev–Trinajstić information content (AvgIpc) is 2.48. The molecule has 1 N–H and O–H groups in total. The summed E-state index contributed by atoms with van der Waals surface area (Å²) in [5.41, 5.74) is 0. The molecule has 0 aromatic heterocycles. The SMILES string of the molecule is CCCCC(CC)CNC(=O)CCSc1ccccc1. The first-order valence-electron chi connectivity index (χ1n) is 7.70. The Labute approximate surface area is 127 Å². The molecule has 1 aromatic rings. The van der Waals surface area contributed by atoms with Crippen molar-refractivity contribution in [3.8, 4) is 0 Å². The van der Waals surface area contributed by atoms with Gasteiger partial charge in [-0.05, 0) is 24.5 Å². The van der Waals surface area contributed by atoms with Crippen LogP contribution in [0.15, 0.2) is 35.2 Å². The number of amides is 1. The second-order valence-corrected chi connectivity index (χ2v) is 6.30. The van der Waals surface area contributed by atoms with E-state index in [2.05, 4.69) is 31.3 Å². The molecule has 1 rings (SSSR count). The summed E-state index contributed by atoms with van der Waals surface area (Å²) in [5.74, 6) is 1.67. The summed E-state index contributed by atoms with van der Waals surface area (Å²) in [4.78, 5) is 13.0. The molecule has 112 valence electrons. The maximum absolute atomic E-state index is 11.8. The highest BCUT2D eigenvalue weighted by atomic mass is 32.2. The zero-order chi connectivity index (χ0) is 14.6. The monoisotopic (exact) mass is 293 g/mol. The van der Waals surface area contributed by atoms with Crippen LogP contribution in [0.4, 0.5) is 0 Å². The van der Waals surface area contributed by atoms with E-state index in [0.29, 0.717) is 12.3 Å². The van der Waals surface area contributed by atoms with Crippen LogP contribution in [0.1, 0.15) is 46.0 Å². The van der Waals surface area contributed by atoms with E-state index < -0.39 is 0 Å². The molecule has 1 amide bonds. The molecule has 0 aliphatic carbocycles. The van der Waals surface area contributed by atoms with E-state index in [-0.39, 0.29) is 5.91 Å². The summed E-state index contributed by atoms with van der Waals surface area (Å²) in [6.45, 7) is 5.26. The summed E-state index contributed by atoms with van der Waals surface area (Å²) in [7, 11) is 0. The smallest absolute Gasteiger partial charge is 0.220 e. The van der Waals surface area contributed by atoms with Gasteiger partial charge in [-0.2, -0.15) is 0 Å². The third kappa shape index (κ3) is 7.59. The lowest BCUT2D eigenvalue weighted by Gasteiger charge is -2.15. The first-order valence-corrected chi connectivity index (χ1v) is 8.69. The largest absolute Gasteiger partial charge is 0.356 e. The Morgan fingerprint density at radius 1 is 1.25 bits per heavy atom. The van der Waals surface area contributed by atoms with Gasteiger partial charge in [-0.1, -0.05) is 51.3 Å². The van der Waals surface area contributed by atoms with Crippen molar-refractivity contribution in [1.29, 1.82) is 0 Å². The van der Waals surface area contributed by atoms with Gasteiger partial charge in [0.2, 0.25) is 5.91 Å². The molecule has 20 heavy (non-hydrogen) atoms. The van der Waals surface area contributed by atoms with Crippen LogP contribution in [-0.4, -0.2) is 18.2 Å². The number of hydrogen-bond acceptors (Lipinski definition) is 2. The average molecular weight is 293 g/mol. The van der Waals surface area contributed by atoms with E-state index >= 15 is 0 Å². The maximum Gasteiger partial charge on any atom is 0.220 e. The third-order valence-corrected chi connectivity index (χ3v) is 4.49. The lowest BCUT2D eigenvalue weighted by atomic mass is 9.99. The number of hydrogen-bond donors (Lipinski definition) is 1. The zero-order valence-electron chi connectivity index (χ0n) is 12.7. The Bertz CT molecular complexity index is 367. The molecule has 1 atom stereocenters. The van der Waals surface area contributed by atoms with E-state index in [0.717, 1.165) is 18.7 Å². The van der Waals surface area contributed by atoms with Gasteiger partial charge in [0.1, 0.15) is 0 Å². The van der Waals surface area contributed by atoms with Crippen LogP contribution in [-0.2, 0) is 4.79 Å². The number of unbranched alkanes of at least 4 members (excludes halogenated alkanes) is 1. The van der Waals surface area contributed by atoms with Crippen molar-refractivity contribution in [3.05, 3.63) is 30.3 Å². The third-order valence-electron chi connectivity index (χ3n) is 3.47. The summed E-state index contributed by atoms with van der Waals surface area (Å²) < 4.78 is 0. The lowest BCUT2D eigenvalue weighted by molar-refractivity contribution is -0.120. The molecule has 1 unspecified atom stereocenters. The van der Waals surface area contributed by atoms with Gasteiger partial charge in [0.15, 0.2) is 0 Å². The van der Waals surface area contributed by atoms with Gasteiger partial charge in [0, 0.05) is 23.6 Å². The van der Waals surface area contributed by atoms with Gasteiger partial charge in [0.05, 0.1) is 0 Å². The van der Waals surface area contributed by atoms with Gasteiger partial charge in [0.25, 0.3) is 0 Å². The highest BCUT2D eigenvalue weighted by Crippen LogP contribution is 2.17. The number of nitrogens with one attached hydrogen (secondary N) is 1. The minimum Gasteiger partial charge on any atom is -0.356 e. The summed E-state index contributed by atoms with van der Waals surface area (Å²) in [6.07, 6.45) is 5.48. The quantitative estimate of drug-likeness (QED) is 0.643. The van der Waals surface area contributed by atoms with E-state index in [9.17, 15) is 4.79 Å². The summed E-state index contributed by atoms with van der Waals surface area (Å²) >= 11 is 1.74. The second-order valence-electron chi connectivity index (χ2n) is 5.13. The zero-order valence-corrected chi connectivity index (χ0v) is 13.5. The van der Waals surface area contributed by atoms with Crippen molar-refractivity contribution < 1.29 is 4.79 Å². The van der Waals surface area contributed by atoms with Crippen molar-refractivity contribution in [2.75, 3.05) is 12.3 Å². The highest BCUT2D eigenvalue weighted by molar-refractivity contribution is 7.99. The first kappa shape index (κ1) is 17.1. The predicted octanol–water partition coefficient (Wildman–Crippen LogP) is 4.50. The van der Waals surface area contributed by atoms with Gasteiger partial charge in [-0.15, -0.1) is 11.8 Å². The van der Waals surface area contributed by atoms with Crippen molar-refractivity contribution in [3.63, 3.8) is 0 Å². The molecule has 0 saturated heterocycles. The van der Waals surface area contributed by atoms with Crippen LogP contribution in [0.5, 0.6) is 0 Å².